The Bertz CT molecular complexity index is 775. The van der Waals surface area contributed by atoms with Crippen molar-refractivity contribution in [1.29, 1.82) is 0 Å². The summed E-state index contributed by atoms with van der Waals surface area (Å²) in [5, 5.41) is 8.40. The third-order valence-electron chi connectivity index (χ3n) is 3.32. The van der Waals surface area contributed by atoms with Gasteiger partial charge < -0.3 is 16.0 Å². The molecule has 0 fully saturated rings. The Labute approximate surface area is 140 Å². The second-order valence-electron chi connectivity index (χ2n) is 5.41. The molecule has 0 aliphatic carbocycles. The minimum absolute atomic E-state index is 0.135. The summed E-state index contributed by atoms with van der Waals surface area (Å²) in [6.07, 6.45) is 0. The lowest BCUT2D eigenvalue weighted by atomic mass is 10.1. The normalized spacial score (nSPS) is 10.2. The molecule has 0 spiro atoms. The van der Waals surface area contributed by atoms with Crippen LogP contribution in [0.3, 0.4) is 0 Å². The van der Waals surface area contributed by atoms with Crippen LogP contribution in [0.1, 0.15) is 29.8 Å². The zero-order valence-corrected chi connectivity index (χ0v) is 13.9. The average Bonchev–Trinajstić information content (AvgIpc) is 2.51. The van der Waals surface area contributed by atoms with Gasteiger partial charge in [-0.05, 0) is 49.7 Å². The summed E-state index contributed by atoms with van der Waals surface area (Å²) in [5.41, 5.74) is 2.61. The number of benzene rings is 2. The molecule has 2 amide bonds. The fourth-order valence-corrected chi connectivity index (χ4v) is 2.27. The highest BCUT2D eigenvalue weighted by atomic mass is 19.1. The van der Waals surface area contributed by atoms with Gasteiger partial charge in [0, 0.05) is 19.2 Å². The quantitative estimate of drug-likeness (QED) is 0.782. The number of carbonyl (C=O) groups is 2. The van der Waals surface area contributed by atoms with Crippen molar-refractivity contribution < 1.29 is 14.0 Å². The molecule has 0 saturated heterocycles. The van der Waals surface area contributed by atoms with Gasteiger partial charge >= 0.3 is 0 Å². The van der Waals surface area contributed by atoms with Crippen LogP contribution in [0.15, 0.2) is 36.4 Å². The molecule has 0 unspecified atom stereocenters. The number of carbonyl (C=O) groups excluding carboxylic acids is 2. The highest BCUT2D eigenvalue weighted by Gasteiger charge is 2.15. The van der Waals surface area contributed by atoms with Gasteiger partial charge in [0.25, 0.3) is 5.91 Å². The molecule has 6 heteroatoms. The summed E-state index contributed by atoms with van der Waals surface area (Å²) in [7, 11) is 0. The molecule has 3 N–H and O–H groups in total. The minimum atomic E-state index is -0.654. The zero-order valence-electron chi connectivity index (χ0n) is 13.9. The van der Waals surface area contributed by atoms with E-state index in [1.54, 1.807) is 6.07 Å². The molecule has 2 rings (SSSR count). The number of amides is 2. The third kappa shape index (κ3) is 4.32. The molecule has 0 aromatic heterocycles. The summed E-state index contributed by atoms with van der Waals surface area (Å²) in [5.74, 6) is -1.53. The van der Waals surface area contributed by atoms with Crippen LogP contribution in [-0.2, 0) is 4.79 Å². The van der Waals surface area contributed by atoms with E-state index in [4.69, 9.17) is 0 Å². The molecule has 5 nitrogen and oxygen atoms in total. The molecule has 0 aliphatic heterocycles. The Morgan fingerprint density at radius 1 is 1.04 bits per heavy atom. The van der Waals surface area contributed by atoms with Crippen molar-refractivity contribution in [2.45, 2.75) is 20.8 Å². The lowest BCUT2D eigenvalue weighted by Gasteiger charge is -2.14. The predicted molar refractivity (Wildman–Crippen MR) is 94.0 cm³/mol. The summed E-state index contributed by atoms with van der Waals surface area (Å²) in [6, 6.07) is 9.40. The molecule has 0 heterocycles. The van der Waals surface area contributed by atoms with Crippen LogP contribution in [0.4, 0.5) is 21.5 Å². The zero-order chi connectivity index (χ0) is 17.7. The number of halogens is 1. The second-order valence-corrected chi connectivity index (χ2v) is 5.41. The van der Waals surface area contributed by atoms with E-state index >= 15 is 0 Å². The maximum atomic E-state index is 14.0. The Balaban J connectivity index is 2.28. The summed E-state index contributed by atoms with van der Waals surface area (Å²) < 4.78 is 14.0. The smallest absolute Gasteiger partial charge is 0.258 e. The second kappa shape index (κ2) is 7.59. The Kier molecular flexibility index (Phi) is 5.52. The van der Waals surface area contributed by atoms with E-state index in [2.05, 4.69) is 16.0 Å². The monoisotopic (exact) mass is 329 g/mol. The number of rotatable bonds is 5. The van der Waals surface area contributed by atoms with Crippen molar-refractivity contribution >= 4 is 28.9 Å². The van der Waals surface area contributed by atoms with Gasteiger partial charge in [0.15, 0.2) is 0 Å². The van der Waals surface area contributed by atoms with E-state index < -0.39 is 11.7 Å². The van der Waals surface area contributed by atoms with Crippen LogP contribution in [0.2, 0.25) is 0 Å². The standard InChI is InChI=1S/C18H20FN3O2/c1-4-20-17-9-11(2)5-8-16(17)22-18(24)14-10-13(21-12(3)23)6-7-15(14)19/h5-10,20H,4H2,1-3H3,(H,21,23)(H,22,24). The van der Waals surface area contributed by atoms with Crippen LogP contribution < -0.4 is 16.0 Å². The highest BCUT2D eigenvalue weighted by Crippen LogP contribution is 2.24. The molecule has 0 radical (unpaired) electrons. The number of anilines is 3. The van der Waals surface area contributed by atoms with E-state index in [0.29, 0.717) is 17.9 Å². The number of hydrogen-bond acceptors (Lipinski definition) is 3. The first-order chi connectivity index (χ1) is 11.4. The van der Waals surface area contributed by atoms with E-state index in [9.17, 15) is 14.0 Å². The first kappa shape index (κ1) is 17.5. The van der Waals surface area contributed by atoms with Crippen molar-refractivity contribution in [3.63, 3.8) is 0 Å². The Morgan fingerprint density at radius 3 is 2.46 bits per heavy atom. The molecular formula is C18H20FN3O2. The van der Waals surface area contributed by atoms with Crippen molar-refractivity contribution in [3.8, 4) is 0 Å². The fourth-order valence-electron chi connectivity index (χ4n) is 2.27. The fraction of sp³-hybridized carbons (Fsp3) is 0.222. The minimum Gasteiger partial charge on any atom is -0.384 e. The predicted octanol–water partition coefficient (Wildman–Crippen LogP) is 3.78. The summed E-state index contributed by atoms with van der Waals surface area (Å²) in [6.45, 7) is 5.93. The molecule has 126 valence electrons. The highest BCUT2D eigenvalue weighted by molar-refractivity contribution is 6.07. The van der Waals surface area contributed by atoms with Crippen LogP contribution in [0, 0.1) is 12.7 Å². The molecule has 0 aliphatic rings. The Hall–Kier alpha value is -2.89. The van der Waals surface area contributed by atoms with Gasteiger partial charge in [-0.1, -0.05) is 6.07 Å². The molecular weight excluding hydrogens is 309 g/mol. The average molecular weight is 329 g/mol. The lowest BCUT2D eigenvalue weighted by molar-refractivity contribution is -0.114. The summed E-state index contributed by atoms with van der Waals surface area (Å²) >= 11 is 0. The Morgan fingerprint density at radius 2 is 1.79 bits per heavy atom. The van der Waals surface area contributed by atoms with Gasteiger partial charge in [0.2, 0.25) is 5.91 Å². The van der Waals surface area contributed by atoms with E-state index in [1.165, 1.54) is 19.1 Å². The maximum Gasteiger partial charge on any atom is 0.258 e. The van der Waals surface area contributed by atoms with E-state index in [1.807, 2.05) is 26.0 Å². The van der Waals surface area contributed by atoms with Crippen molar-refractivity contribution in [2.75, 3.05) is 22.5 Å². The molecule has 2 aromatic carbocycles. The van der Waals surface area contributed by atoms with Gasteiger partial charge in [-0.3, -0.25) is 9.59 Å². The number of aryl methyl sites for hydroxylation is 1. The first-order valence-corrected chi connectivity index (χ1v) is 7.63. The molecule has 24 heavy (non-hydrogen) atoms. The largest absolute Gasteiger partial charge is 0.384 e. The number of hydrogen-bond donors (Lipinski definition) is 3. The molecule has 0 bridgehead atoms. The topological polar surface area (TPSA) is 70.2 Å². The maximum absolute atomic E-state index is 14.0. The van der Waals surface area contributed by atoms with Crippen LogP contribution >= 0.6 is 0 Å². The van der Waals surface area contributed by atoms with Gasteiger partial charge in [0.05, 0.1) is 16.9 Å². The van der Waals surface area contributed by atoms with Gasteiger partial charge in [-0.25, -0.2) is 4.39 Å². The third-order valence-corrected chi connectivity index (χ3v) is 3.32. The van der Waals surface area contributed by atoms with Crippen molar-refractivity contribution in [2.24, 2.45) is 0 Å². The molecule has 2 aromatic rings. The van der Waals surface area contributed by atoms with Crippen molar-refractivity contribution in [1.82, 2.24) is 0 Å². The first-order valence-electron chi connectivity index (χ1n) is 7.63. The van der Waals surface area contributed by atoms with E-state index in [0.717, 1.165) is 17.3 Å². The lowest BCUT2D eigenvalue weighted by Crippen LogP contribution is -2.16. The van der Waals surface area contributed by atoms with Gasteiger partial charge in [-0.2, -0.15) is 0 Å². The molecule has 0 saturated carbocycles. The number of nitrogens with one attached hydrogen (secondary N) is 3. The van der Waals surface area contributed by atoms with Gasteiger partial charge in [-0.15, -0.1) is 0 Å². The van der Waals surface area contributed by atoms with Gasteiger partial charge in [0.1, 0.15) is 5.82 Å². The SMILES string of the molecule is CCNc1cc(C)ccc1NC(=O)c1cc(NC(C)=O)ccc1F. The van der Waals surface area contributed by atoms with Crippen LogP contribution in [0.25, 0.3) is 0 Å². The van der Waals surface area contributed by atoms with Crippen LogP contribution in [-0.4, -0.2) is 18.4 Å². The van der Waals surface area contributed by atoms with E-state index in [-0.39, 0.29) is 11.5 Å². The summed E-state index contributed by atoms with van der Waals surface area (Å²) in [4.78, 5) is 23.5. The van der Waals surface area contributed by atoms with Crippen molar-refractivity contribution in [3.05, 3.63) is 53.3 Å². The molecule has 0 atom stereocenters. The van der Waals surface area contributed by atoms with Crippen LogP contribution in [0.5, 0.6) is 0 Å².